The van der Waals surface area contributed by atoms with Crippen molar-refractivity contribution in [1.29, 1.82) is 0 Å². The summed E-state index contributed by atoms with van der Waals surface area (Å²) in [5.41, 5.74) is 0. The van der Waals surface area contributed by atoms with Gasteiger partial charge in [0.05, 0.1) is 6.61 Å². The van der Waals surface area contributed by atoms with Crippen LogP contribution in [0.5, 0.6) is 0 Å². The van der Waals surface area contributed by atoms with Gasteiger partial charge in [0.1, 0.15) is 4.21 Å². The van der Waals surface area contributed by atoms with Crippen LogP contribution in [0.4, 0.5) is 0 Å². The van der Waals surface area contributed by atoms with Gasteiger partial charge in [0, 0.05) is 10.9 Å². The topological polar surface area (TPSA) is 66.4 Å². The Kier molecular flexibility index (Phi) is 4.91. The van der Waals surface area contributed by atoms with E-state index in [0.29, 0.717) is 10.6 Å². The molecule has 1 aromatic rings. The van der Waals surface area contributed by atoms with E-state index in [1.54, 1.807) is 6.07 Å². The highest BCUT2D eigenvalue weighted by molar-refractivity contribution is 7.91. The Morgan fingerprint density at radius 2 is 2.12 bits per heavy atom. The molecule has 6 heteroatoms. The lowest BCUT2D eigenvalue weighted by Crippen LogP contribution is -2.36. The monoisotopic (exact) mass is 263 g/mol. The van der Waals surface area contributed by atoms with Crippen molar-refractivity contribution in [2.75, 3.05) is 6.61 Å². The van der Waals surface area contributed by atoms with Crippen LogP contribution in [0.25, 0.3) is 0 Å². The minimum atomic E-state index is -3.46. The average Bonchev–Trinajstić information content (AvgIpc) is 2.75. The molecule has 0 unspecified atom stereocenters. The normalized spacial score (nSPS) is 13.9. The molecule has 0 saturated carbocycles. The van der Waals surface area contributed by atoms with Crippen LogP contribution in [0.3, 0.4) is 0 Å². The first kappa shape index (κ1) is 13.6. The Labute approximate surface area is 100 Å². The van der Waals surface area contributed by atoms with Crippen molar-refractivity contribution < 1.29 is 13.5 Å². The second-order valence-corrected chi connectivity index (χ2v) is 6.59. The molecule has 0 aliphatic rings. The zero-order valence-corrected chi connectivity index (χ0v) is 11.1. The lowest BCUT2D eigenvalue weighted by atomic mass is 10.3. The van der Waals surface area contributed by atoms with Crippen LogP contribution in [0.15, 0.2) is 16.3 Å². The highest BCUT2D eigenvalue weighted by atomic mass is 32.2. The molecule has 0 aliphatic carbocycles. The molecule has 16 heavy (non-hydrogen) atoms. The average molecular weight is 263 g/mol. The molecule has 1 aromatic heterocycles. The van der Waals surface area contributed by atoms with Gasteiger partial charge in [-0.15, -0.1) is 11.3 Å². The number of hydrogen-bond donors (Lipinski definition) is 2. The van der Waals surface area contributed by atoms with Crippen LogP contribution < -0.4 is 4.72 Å². The van der Waals surface area contributed by atoms with Crippen LogP contribution >= 0.6 is 11.3 Å². The van der Waals surface area contributed by atoms with E-state index in [-0.39, 0.29) is 6.61 Å². The smallest absolute Gasteiger partial charge is 0.250 e. The Balaban J connectivity index is 2.85. The summed E-state index contributed by atoms with van der Waals surface area (Å²) in [6.45, 7) is 3.63. The van der Waals surface area contributed by atoms with Crippen molar-refractivity contribution in [3.63, 3.8) is 0 Å². The van der Waals surface area contributed by atoms with Crippen molar-refractivity contribution >= 4 is 21.4 Å². The van der Waals surface area contributed by atoms with Crippen molar-refractivity contribution in [2.45, 2.75) is 36.9 Å². The minimum absolute atomic E-state index is 0.179. The maximum Gasteiger partial charge on any atom is 0.250 e. The maximum absolute atomic E-state index is 11.9. The first-order valence-corrected chi connectivity index (χ1v) is 7.55. The molecule has 2 N–H and O–H groups in total. The van der Waals surface area contributed by atoms with Gasteiger partial charge in [-0.3, -0.25) is 0 Å². The van der Waals surface area contributed by atoms with Crippen molar-refractivity contribution in [3.8, 4) is 0 Å². The van der Waals surface area contributed by atoms with Gasteiger partial charge in [0.2, 0.25) is 10.0 Å². The number of nitrogens with one attached hydrogen (secondary N) is 1. The number of sulfonamides is 1. The summed E-state index contributed by atoms with van der Waals surface area (Å²) in [6, 6.07) is 3.02. The SMILES string of the molecule is CCc1ccc(S(=O)(=O)N[C@H](CC)CO)s1. The Bertz CT molecular complexity index is 421. The molecule has 0 bridgehead atoms. The van der Waals surface area contributed by atoms with Crippen LogP contribution in [0.1, 0.15) is 25.1 Å². The highest BCUT2D eigenvalue weighted by Crippen LogP contribution is 2.22. The standard InChI is InChI=1S/C10H17NO3S2/c1-3-8(7-12)11-16(13,14)10-6-5-9(4-2)15-10/h5-6,8,11-12H,3-4,7H2,1-2H3/t8-/m1/s1. The molecule has 92 valence electrons. The lowest BCUT2D eigenvalue weighted by Gasteiger charge is -2.12. The number of thiophene rings is 1. The van der Waals surface area contributed by atoms with Gasteiger partial charge in [-0.2, -0.15) is 0 Å². The van der Waals surface area contributed by atoms with E-state index in [9.17, 15) is 8.42 Å². The Morgan fingerprint density at radius 1 is 1.44 bits per heavy atom. The van der Waals surface area contributed by atoms with Crippen molar-refractivity contribution in [1.82, 2.24) is 4.72 Å². The predicted octanol–water partition coefficient (Wildman–Crippen LogP) is 1.36. The molecule has 0 aliphatic heterocycles. The summed E-state index contributed by atoms with van der Waals surface area (Å²) in [4.78, 5) is 1.04. The summed E-state index contributed by atoms with van der Waals surface area (Å²) < 4.78 is 26.6. The molecule has 4 nitrogen and oxygen atoms in total. The third kappa shape index (κ3) is 3.28. The highest BCUT2D eigenvalue weighted by Gasteiger charge is 2.20. The first-order valence-electron chi connectivity index (χ1n) is 5.25. The third-order valence-corrected chi connectivity index (χ3v) is 5.53. The second kappa shape index (κ2) is 5.77. The fraction of sp³-hybridized carbons (Fsp3) is 0.600. The number of aryl methyl sites for hydroxylation is 1. The molecule has 0 aromatic carbocycles. The number of aliphatic hydroxyl groups excluding tert-OH is 1. The van der Waals surface area contributed by atoms with E-state index in [1.807, 2.05) is 19.9 Å². The third-order valence-electron chi connectivity index (χ3n) is 2.29. The van der Waals surface area contributed by atoms with Crippen LogP contribution in [-0.4, -0.2) is 26.2 Å². The minimum Gasteiger partial charge on any atom is -0.395 e. The fourth-order valence-corrected chi connectivity index (χ4v) is 3.84. The van der Waals surface area contributed by atoms with Crippen molar-refractivity contribution in [2.24, 2.45) is 0 Å². The number of aliphatic hydroxyl groups is 1. The van der Waals surface area contributed by atoms with Crippen molar-refractivity contribution in [3.05, 3.63) is 17.0 Å². The molecule has 0 amide bonds. The Hall–Kier alpha value is -0.430. The number of hydrogen-bond acceptors (Lipinski definition) is 4. The summed E-state index contributed by atoms with van der Waals surface area (Å²) >= 11 is 1.27. The molecule has 0 spiro atoms. The largest absolute Gasteiger partial charge is 0.395 e. The molecular formula is C10H17NO3S2. The van der Waals surface area contributed by atoms with E-state index in [4.69, 9.17) is 5.11 Å². The van der Waals surface area contributed by atoms with Crippen LogP contribution in [0, 0.1) is 0 Å². The predicted molar refractivity (Wildman–Crippen MR) is 65.2 cm³/mol. The second-order valence-electron chi connectivity index (χ2n) is 3.48. The quantitative estimate of drug-likeness (QED) is 0.814. The zero-order chi connectivity index (χ0) is 12.2. The number of rotatable bonds is 6. The molecule has 0 radical (unpaired) electrons. The molecule has 1 rings (SSSR count). The van der Waals surface area contributed by atoms with Gasteiger partial charge in [-0.25, -0.2) is 13.1 Å². The molecule has 1 heterocycles. The molecule has 0 saturated heterocycles. The summed E-state index contributed by atoms with van der Waals surface area (Å²) in [5, 5.41) is 8.96. The van der Waals surface area contributed by atoms with E-state index >= 15 is 0 Å². The summed E-state index contributed by atoms with van der Waals surface area (Å²) in [5.74, 6) is 0. The van der Waals surface area contributed by atoms with E-state index < -0.39 is 16.1 Å². The van der Waals surface area contributed by atoms with Crippen LogP contribution in [0.2, 0.25) is 0 Å². The van der Waals surface area contributed by atoms with Gasteiger partial charge < -0.3 is 5.11 Å². The van der Waals surface area contributed by atoms with Gasteiger partial charge in [0.15, 0.2) is 0 Å². The van der Waals surface area contributed by atoms with E-state index in [0.717, 1.165) is 11.3 Å². The first-order chi connectivity index (χ1) is 7.53. The zero-order valence-electron chi connectivity index (χ0n) is 9.43. The van der Waals surface area contributed by atoms with Gasteiger partial charge >= 0.3 is 0 Å². The summed E-state index contributed by atoms with van der Waals surface area (Å²) in [7, 11) is -3.46. The van der Waals surface area contributed by atoms with Gasteiger partial charge in [-0.1, -0.05) is 13.8 Å². The van der Waals surface area contributed by atoms with Crippen LogP contribution in [-0.2, 0) is 16.4 Å². The van der Waals surface area contributed by atoms with Gasteiger partial charge in [-0.05, 0) is 25.0 Å². The summed E-state index contributed by atoms with van der Waals surface area (Å²) in [6.07, 6.45) is 1.40. The fourth-order valence-electron chi connectivity index (χ4n) is 1.22. The molecular weight excluding hydrogens is 246 g/mol. The maximum atomic E-state index is 11.9. The lowest BCUT2D eigenvalue weighted by molar-refractivity contribution is 0.254. The Morgan fingerprint density at radius 3 is 2.56 bits per heavy atom. The molecule has 0 fully saturated rings. The van der Waals surface area contributed by atoms with E-state index in [2.05, 4.69) is 4.72 Å². The van der Waals surface area contributed by atoms with Gasteiger partial charge in [0.25, 0.3) is 0 Å². The molecule has 1 atom stereocenters. The van der Waals surface area contributed by atoms with E-state index in [1.165, 1.54) is 11.3 Å².